The average molecular weight is 335 g/mol. The van der Waals surface area contributed by atoms with Crippen LogP contribution < -0.4 is 0 Å². The molecule has 0 saturated carbocycles. The van der Waals surface area contributed by atoms with Crippen molar-refractivity contribution in [2.75, 3.05) is 6.54 Å². The van der Waals surface area contributed by atoms with E-state index < -0.39 is 0 Å². The molecule has 2 aromatic heterocycles. The van der Waals surface area contributed by atoms with Crippen LogP contribution in [-0.2, 0) is 11.2 Å². The average Bonchev–Trinajstić information content (AvgIpc) is 2.90. The van der Waals surface area contributed by atoms with Gasteiger partial charge in [-0.25, -0.2) is 0 Å². The molecule has 0 spiro atoms. The van der Waals surface area contributed by atoms with Crippen LogP contribution in [0.15, 0.2) is 53.3 Å². The summed E-state index contributed by atoms with van der Waals surface area (Å²) in [6.45, 7) is 0.793. The predicted molar refractivity (Wildman–Crippen MR) is 94.9 cm³/mol. The molecule has 128 valence electrons. The minimum Gasteiger partial charge on any atom is -0.356 e. The molecule has 1 atom stereocenters. The second-order valence-corrected chi connectivity index (χ2v) is 6.54. The van der Waals surface area contributed by atoms with E-state index in [-0.39, 0.29) is 18.4 Å². The third-order valence-corrected chi connectivity index (χ3v) is 4.93. The zero-order valence-electron chi connectivity index (χ0n) is 14.1. The zero-order chi connectivity index (χ0) is 17.1. The van der Waals surface area contributed by atoms with E-state index in [1.165, 1.54) is 0 Å². The van der Waals surface area contributed by atoms with E-state index in [4.69, 9.17) is 4.52 Å². The molecule has 3 heterocycles. The van der Waals surface area contributed by atoms with Gasteiger partial charge in [-0.3, -0.25) is 9.78 Å². The quantitative estimate of drug-likeness (QED) is 0.728. The Labute approximate surface area is 146 Å². The number of hydrogen-bond acceptors (Lipinski definition) is 4. The first kappa shape index (κ1) is 15.8. The van der Waals surface area contributed by atoms with Crippen molar-refractivity contribution < 1.29 is 9.32 Å². The Morgan fingerprint density at radius 1 is 1.12 bits per heavy atom. The lowest BCUT2D eigenvalue weighted by Gasteiger charge is -2.30. The summed E-state index contributed by atoms with van der Waals surface area (Å²) < 4.78 is 5.34. The minimum atomic E-state index is 0.114. The fourth-order valence-electron chi connectivity index (χ4n) is 3.65. The molecule has 0 bridgehead atoms. The molecule has 1 aliphatic rings. The van der Waals surface area contributed by atoms with Crippen molar-refractivity contribution in [2.24, 2.45) is 0 Å². The number of para-hydroxylation sites is 1. The number of benzene rings is 1. The molecule has 0 radical (unpaired) electrons. The van der Waals surface area contributed by atoms with Crippen molar-refractivity contribution in [2.45, 2.75) is 38.1 Å². The summed E-state index contributed by atoms with van der Waals surface area (Å²) in [6, 6.07) is 11.8. The van der Waals surface area contributed by atoms with Crippen molar-refractivity contribution in [1.82, 2.24) is 15.0 Å². The van der Waals surface area contributed by atoms with Crippen LogP contribution >= 0.6 is 0 Å². The van der Waals surface area contributed by atoms with Crippen LogP contribution in [0.25, 0.3) is 11.0 Å². The number of hydrogen-bond donors (Lipinski definition) is 0. The van der Waals surface area contributed by atoms with Crippen molar-refractivity contribution >= 4 is 16.9 Å². The fourth-order valence-corrected chi connectivity index (χ4v) is 3.65. The highest BCUT2D eigenvalue weighted by Crippen LogP contribution is 2.30. The van der Waals surface area contributed by atoms with Gasteiger partial charge in [-0.15, -0.1) is 0 Å². The maximum atomic E-state index is 13.1. The third kappa shape index (κ3) is 3.27. The van der Waals surface area contributed by atoms with Gasteiger partial charge < -0.3 is 9.42 Å². The smallest absolute Gasteiger partial charge is 0.229 e. The molecule has 1 unspecified atom stereocenters. The van der Waals surface area contributed by atoms with Gasteiger partial charge >= 0.3 is 0 Å². The summed E-state index contributed by atoms with van der Waals surface area (Å²) in [5.74, 6) is 0.114. The van der Waals surface area contributed by atoms with Gasteiger partial charge in [0.2, 0.25) is 5.91 Å². The standard InChI is InChI=1S/C20H21N3O2/c24-20(14-17-16-6-3-4-8-19(16)25-22-17)23-13-5-1-2-7-18(23)15-9-11-21-12-10-15/h3-4,6,8-12,18H,1-2,5,7,13-14H2. The number of likely N-dealkylation sites (tertiary alicyclic amines) is 1. The molecule has 0 aliphatic carbocycles. The normalized spacial score (nSPS) is 18.2. The van der Waals surface area contributed by atoms with E-state index in [2.05, 4.69) is 10.1 Å². The maximum Gasteiger partial charge on any atom is 0.229 e. The van der Waals surface area contributed by atoms with E-state index in [9.17, 15) is 4.79 Å². The van der Waals surface area contributed by atoms with E-state index in [1.807, 2.05) is 41.3 Å². The number of amides is 1. The van der Waals surface area contributed by atoms with Crippen LogP contribution in [0.4, 0.5) is 0 Å². The lowest BCUT2D eigenvalue weighted by Crippen LogP contribution is -2.36. The first-order valence-corrected chi connectivity index (χ1v) is 8.85. The monoisotopic (exact) mass is 335 g/mol. The lowest BCUT2D eigenvalue weighted by molar-refractivity contribution is -0.133. The second-order valence-electron chi connectivity index (χ2n) is 6.54. The van der Waals surface area contributed by atoms with Crippen LogP contribution in [-0.4, -0.2) is 27.5 Å². The first-order chi connectivity index (χ1) is 12.3. The highest BCUT2D eigenvalue weighted by atomic mass is 16.5. The van der Waals surface area contributed by atoms with Crippen molar-refractivity contribution in [3.05, 3.63) is 60.0 Å². The zero-order valence-corrected chi connectivity index (χ0v) is 14.1. The van der Waals surface area contributed by atoms with Gasteiger partial charge in [-0.2, -0.15) is 0 Å². The molecule has 1 saturated heterocycles. The predicted octanol–water partition coefficient (Wildman–Crippen LogP) is 3.91. The van der Waals surface area contributed by atoms with Crippen LogP contribution in [0, 0.1) is 0 Å². The van der Waals surface area contributed by atoms with Gasteiger partial charge in [0.15, 0.2) is 5.58 Å². The summed E-state index contributed by atoms with van der Waals surface area (Å²) in [6.07, 6.45) is 8.23. The number of aromatic nitrogens is 2. The highest BCUT2D eigenvalue weighted by Gasteiger charge is 2.27. The molecular formula is C20H21N3O2. The molecule has 1 aromatic carbocycles. The van der Waals surface area contributed by atoms with Crippen LogP contribution in [0.5, 0.6) is 0 Å². The Kier molecular flexibility index (Phi) is 4.46. The minimum absolute atomic E-state index is 0.114. The summed E-state index contributed by atoms with van der Waals surface area (Å²) in [5.41, 5.74) is 2.61. The van der Waals surface area contributed by atoms with Crippen molar-refractivity contribution in [3.8, 4) is 0 Å². The largest absolute Gasteiger partial charge is 0.356 e. The van der Waals surface area contributed by atoms with Gasteiger partial charge in [0.05, 0.1) is 12.5 Å². The number of nitrogens with zero attached hydrogens (tertiary/aromatic N) is 3. The Morgan fingerprint density at radius 2 is 1.96 bits per heavy atom. The number of fused-ring (bicyclic) bond motifs is 1. The fraction of sp³-hybridized carbons (Fsp3) is 0.350. The molecule has 5 nitrogen and oxygen atoms in total. The topological polar surface area (TPSA) is 59.2 Å². The molecule has 0 N–H and O–H groups in total. The summed E-state index contributed by atoms with van der Waals surface area (Å²) in [4.78, 5) is 19.2. The van der Waals surface area contributed by atoms with Gasteiger partial charge in [-0.1, -0.05) is 30.1 Å². The van der Waals surface area contributed by atoms with Gasteiger partial charge in [0.1, 0.15) is 5.69 Å². The number of carbonyl (C=O) groups is 1. The van der Waals surface area contributed by atoms with Crippen molar-refractivity contribution in [1.29, 1.82) is 0 Å². The second kappa shape index (κ2) is 7.05. The van der Waals surface area contributed by atoms with Crippen LogP contribution in [0.1, 0.15) is 43.0 Å². The molecular weight excluding hydrogens is 314 g/mol. The van der Waals surface area contributed by atoms with E-state index in [1.54, 1.807) is 12.4 Å². The van der Waals surface area contributed by atoms with Crippen LogP contribution in [0.3, 0.4) is 0 Å². The van der Waals surface area contributed by atoms with Crippen molar-refractivity contribution in [3.63, 3.8) is 0 Å². The molecule has 1 fully saturated rings. The first-order valence-electron chi connectivity index (χ1n) is 8.85. The molecule has 3 aromatic rings. The molecule has 1 aliphatic heterocycles. The van der Waals surface area contributed by atoms with Gasteiger partial charge in [0.25, 0.3) is 0 Å². The van der Waals surface area contributed by atoms with Gasteiger partial charge in [-0.05, 0) is 42.7 Å². The summed E-state index contributed by atoms with van der Waals surface area (Å²) in [7, 11) is 0. The molecule has 25 heavy (non-hydrogen) atoms. The number of pyridine rings is 1. The number of rotatable bonds is 3. The Bertz CT molecular complexity index is 860. The third-order valence-electron chi connectivity index (χ3n) is 4.93. The summed E-state index contributed by atoms with van der Waals surface area (Å²) >= 11 is 0. The Hall–Kier alpha value is -2.69. The number of carbonyl (C=O) groups excluding carboxylic acids is 1. The van der Waals surface area contributed by atoms with E-state index >= 15 is 0 Å². The lowest BCUT2D eigenvalue weighted by atomic mass is 10.0. The Balaban J connectivity index is 1.60. The van der Waals surface area contributed by atoms with Gasteiger partial charge in [0, 0.05) is 24.3 Å². The molecule has 1 amide bonds. The van der Waals surface area contributed by atoms with Crippen LogP contribution in [0.2, 0.25) is 0 Å². The summed E-state index contributed by atoms with van der Waals surface area (Å²) in [5, 5.41) is 5.04. The van der Waals surface area contributed by atoms with E-state index in [0.717, 1.165) is 54.5 Å². The highest BCUT2D eigenvalue weighted by molar-refractivity contribution is 5.86. The maximum absolute atomic E-state index is 13.1. The SMILES string of the molecule is O=C(Cc1noc2ccccc12)N1CCCCCC1c1ccncc1. The van der Waals surface area contributed by atoms with E-state index in [0.29, 0.717) is 0 Å². The molecule has 4 rings (SSSR count). The Morgan fingerprint density at radius 3 is 2.84 bits per heavy atom. The molecule has 5 heteroatoms.